The van der Waals surface area contributed by atoms with Gasteiger partial charge in [-0.2, -0.15) is 4.99 Å². The highest BCUT2D eigenvalue weighted by atomic mass is 32.2. The Morgan fingerprint density at radius 1 is 1.11 bits per heavy atom. The number of benzene rings is 3. The molecule has 3 aromatic carbocycles. The molecular weight excluding hydrogens is 589 g/mol. The SMILES string of the molecule is Cc1cccc(N2/C(=N/C(=O)NCc3ccc(-c4ncn(-c5ccc(OC(F)(F)F)cc5)n4)cc3)SCCC2C)c1C(C)C. The lowest BCUT2D eigenvalue weighted by atomic mass is 9.95. The molecule has 1 aliphatic heterocycles. The van der Waals surface area contributed by atoms with Crippen molar-refractivity contribution >= 4 is 28.6 Å². The first kappa shape index (κ1) is 31.1. The molecule has 5 rings (SSSR count). The summed E-state index contributed by atoms with van der Waals surface area (Å²) in [5, 5.41) is 8.04. The number of aliphatic imine (C=N–C) groups is 1. The number of aromatic nitrogens is 3. The average molecular weight is 623 g/mol. The number of hydrogen-bond donors (Lipinski definition) is 1. The molecule has 4 aromatic rings. The van der Waals surface area contributed by atoms with E-state index in [9.17, 15) is 18.0 Å². The minimum absolute atomic E-state index is 0.217. The maximum Gasteiger partial charge on any atom is 0.573 e. The van der Waals surface area contributed by atoms with Crippen molar-refractivity contribution in [1.29, 1.82) is 0 Å². The van der Waals surface area contributed by atoms with E-state index in [1.54, 1.807) is 11.8 Å². The second-order valence-electron chi connectivity index (χ2n) is 10.8. The molecule has 230 valence electrons. The molecule has 12 heteroatoms. The highest BCUT2D eigenvalue weighted by molar-refractivity contribution is 8.14. The van der Waals surface area contributed by atoms with E-state index in [0.717, 1.165) is 29.0 Å². The Kier molecular flexibility index (Phi) is 9.28. The Balaban J connectivity index is 1.23. The Morgan fingerprint density at radius 3 is 2.52 bits per heavy atom. The summed E-state index contributed by atoms with van der Waals surface area (Å²) in [4.78, 5) is 23.9. The van der Waals surface area contributed by atoms with E-state index in [1.165, 1.54) is 46.4 Å². The Bertz CT molecular complexity index is 1640. The fraction of sp³-hybridized carbons (Fsp3) is 0.312. The first-order valence-corrected chi connectivity index (χ1v) is 15.2. The van der Waals surface area contributed by atoms with Gasteiger partial charge in [0.2, 0.25) is 0 Å². The van der Waals surface area contributed by atoms with Gasteiger partial charge in [0.1, 0.15) is 12.1 Å². The first-order chi connectivity index (χ1) is 21.0. The third kappa shape index (κ3) is 7.42. The van der Waals surface area contributed by atoms with Crippen molar-refractivity contribution in [3.8, 4) is 22.8 Å². The number of amidine groups is 1. The number of carbonyl (C=O) groups excluding carboxylic acids is 1. The molecule has 0 bridgehead atoms. The van der Waals surface area contributed by atoms with Gasteiger partial charge in [0.15, 0.2) is 11.0 Å². The fourth-order valence-corrected chi connectivity index (χ4v) is 6.36. The van der Waals surface area contributed by atoms with Crippen molar-refractivity contribution in [2.24, 2.45) is 4.99 Å². The number of alkyl halides is 3. The van der Waals surface area contributed by atoms with Crippen LogP contribution in [0.1, 0.15) is 49.8 Å². The van der Waals surface area contributed by atoms with Gasteiger partial charge in [-0.1, -0.05) is 62.0 Å². The van der Waals surface area contributed by atoms with E-state index in [0.29, 0.717) is 29.1 Å². The lowest BCUT2D eigenvalue weighted by molar-refractivity contribution is -0.274. The summed E-state index contributed by atoms with van der Waals surface area (Å²) >= 11 is 1.60. The molecule has 1 aliphatic rings. The molecule has 0 spiro atoms. The fourth-order valence-electron chi connectivity index (χ4n) is 5.16. The first-order valence-electron chi connectivity index (χ1n) is 14.2. The van der Waals surface area contributed by atoms with Crippen molar-refractivity contribution in [1.82, 2.24) is 20.1 Å². The van der Waals surface area contributed by atoms with Gasteiger partial charge in [-0.05, 0) is 73.2 Å². The van der Waals surface area contributed by atoms with Gasteiger partial charge in [-0.25, -0.2) is 14.5 Å². The van der Waals surface area contributed by atoms with Crippen LogP contribution in [0, 0.1) is 6.92 Å². The maximum atomic E-state index is 12.9. The molecule has 1 saturated heterocycles. The van der Waals surface area contributed by atoms with Gasteiger partial charge in [-0.3, -0.25) is 0 Å². The van der Waals surface area contributed by atoms with Gasteiger partial charge in [0.05, 0.1) is 5.69 Å². The number of aryl methyl sites for hydroxylation is 1. The zero-order valence-corrected chi connectivity index (χ0v) is 25.6. The molecule has 8 nitrogen and oxygen atoms in total. The molecule has 0 radical (unpaired) electrons. The second-order valence-corrected chi connectivity index (χ2v) is 11.9. The van der Waals surface area contributed by atoms with Crippen LogP contribution in [-0.2, 0) is 6.54 Å². The number of urea groups is 1. The standard InChI is InChI=1S/C32H33F3N6O2S/c1-20(2)28-21(3)6-5-7-27(28)41-22(4)16-17-44-31(41)38-30(42)36-18-23-8-10-24(11-9-23)29-37-19-40(39-29)25-12-14-26(15-13-25)43-32(33,34)35/h5-15,19-20,22H,16-18H2,1-4H3,(H,36,42)/b38-31-. The van der Waals surface area contributed by atoms with Gasteiger partial charge in [-0.15, -0.1) is 18.3 Å². The Morgan fingerprint density at radius 2 is 1.84 bits per heavy atom. The van der Waals surface area contributed by atoms with Crippen LogP contribution in [0.2, 0.25) is 0 Å². The molecule has 1 aromatic heterocycles. The van der Waals surface area contributed by atoms with Crippen LogP contribution in [-0.4, -0.2) is 44.1 Å². The molecular formula is C32H33F3N6O2S. The average Bonchev–Trinajstić information content (AvgIpc) is 3.46. The molecule has 1 atom stereocenters. The lowest BCUT2D eigenvalue weighted by Gasteiger charge is -2.37. The van der Waals surface area contributed by atoms with Crippen LogP contribution in [0.5, 0.6) is 5.75 Å². The summed E-state index contributed by atoms with van der Waals surface area (Å²) < 4.78 is 42.6. The van der Waals surface area contributed by atoms with Crippen LogP contribution in [0.25, 0.3) is 17.1 Å². The molecule has 2 amide bonds. The number of nitrogens with zero attached hydrogens (tertiary/aromatic N) is 5. The predicted octanol–water partition coefficient (Wildman–Crippen LogP) is 7.86. The van der Waals surface area contributed by atoms with Crippen molar-refractivity contribution in [3.63, 3.8) is 0 Å². The Labute approximate surface area is 258 Å². The van der Waals surface area contributed by atoms with Gasteiger partial charge < -0.3 is 15.0 Å². The van der Waals surface area contributed by atoms with Crippen molar-refractivity contribution < 1.29 is 22.7 Å². The van der Waals surface area contributed by atoms with E-state index < -0.39 is 12.4 Å². The number of amides is 2. The third-order valence-corrected chi connectivity index (χ3v) is 8.22. The highest BCUT2D eigenvalue weighted by Crippen LogP contribution is 2.36. The number of hydrogen-bond acceptors (Lipinski definition) is 5. The second kappa shape index (κ2) is 13.1. The van der Waals surface area contributed by atoms with Gasteiger partial charge >= 0.3 is 12.4 Å². The van der Waals surface area contributed by atoms with E-state index in [1.807, 2.05) is 24.3 Å². The molecule has 2 heterocycles. The van der Waals surface area contributed by atoms with Crippen LogP contribution >= 0.6 is 11.8 Å². The number of anilines is 1. The number of halogens is 3. The maximum absolute atomic E-state index is 12.9. The Hall–Kier alpha value is -4.32. The number of nitrogens with one attached hydrogen (secondary N) is 1. The van der Waals surface area contributed by atoms with Crippen molar-refractivity contribution in [2.45, 2.75) is 59.0 Å². The smallest absolute Gasteiger partial charge is 0.406 e. The topological polar surface area (TPSA) is 84.6 Å². The summed E-state index contributed by atoms with van der Waals surface area (Å²) in [5.74, 6) is 1.37. The quantitative estimate of drug-likeness (QED) is 0.226. The molecule has 0 aliphatic carbocycles. The predicted molar refractivity (Wildman–Crippen MR) is 167 cm³/mol. The molecule has 1 unspecified atom stereocenters. The molecule has 1 N–H and O–H groups in total. The van der Waals surface area contributed by atoms with Crippen LogP contribution in [0.15, 0.2) is 78.0 Å². The van der Waals surface area contributed by atoms with Crippen molar-refractivity contribution in [2.75, 3.05) is 10.7 Å². The van der Waals surface area contributed by atoms with Crippen LogP contribution < -0.4 is 15.0 Å². The van der Waals surface area contributed by atoms with E-state index in [2.05, 4.69) is 75.9 Å². The van der Waals surface area contributed by atoms with Gasteiger partial charge in [0, 0.05) is 29.6 Å². The van der Waals surface area contributed by atoms with Gasteiger partial charge in [0.25, 0.3) is 0 Å². The summed E-state index contributed by atoms with van der Waals surface area (Å²) in [7, 11) is 0. The minimum Gasteiger partial charge on any atom is -0.406 e. The highest BCUT2D eigenvalue weighted by Gasteiger charge is 2.31. The van der Waals surface area contributed by atoms with E-state index in [-0.39, 0.29) is 11.8 Å². The van der Waals surface area contributed by atoms with E-state index >= 15 is 0 Å². The molecule has 0 saturated carbocycles. The summed E-state index contributed by atoms with van der Waals surface area (Å²) in [6, 6.07) is 18.9. The third-order valence-electron chi connectivity index (χ3n) is 7.23. The normalized spacial score (nSPS) is 16.4. The number of rotatable bonds is 7. The monoisotopic (exact) mass is 622 g/mol. The number of carbonyl (C=O) groups is 1. The molecule has 1 fully saturated rings. The summed E-state index contributed by atoms with van der Waals surface area (Å²) in [6.45, 7) is 8.95. The lowest BCUT2D eigenvalue weighted by Crippen LogP contribution is -2.42. The van der Waals surface area contributed by atoms with E-state index in [4.69, 9.17) is 0 Å². The molecule has 44 heavy (non-hydrogen) atoms. The number of thioether (sulfide) groups is 1. The van der Waals surface area contributed by atoms with Crippen LogP contribution in [0.4, 0.5) is 23.7 Å². The van der Waals surface area contributed by atoms with Crippen molar-refractivity contribution in [3.05, 3.63) is 89.7 Å². The summed E-state index contributed by atoms with van der Waals surface area (Å²) in [6.07, 6.45) is -2.27. The minimum atomic E-state index is -4.75. The summed E-state index contributed by atoms with van der Waals surface area (Å²) in [5.41, 5.74) is 5.75. The zero-order valence-electron chi connectivity index (χ0n) is 24.8. The number of ether oxygens (including phenoxy) is 1. The largest absolute Gasteiger partial charge is 0.573 e. The van der Waals surface area contributed by atoms with Crippen LogP contribution in [0.3, 0.4) is 0 Å². The zero-order chi connectivity index (χ0) is 31.4.